The molecule has 0 fully saturated rings. The molecule has 0 saturated carbocycles. The zero-order valence-corrected chi connectivity index (χ0v) is 10.8. The summed E-state index contributed by atoms with van der Waals surface area (Å²) in [6.45, 7) is 2.23. The lowest BCUT2D eigenvalue weighted by atomic mass is 9.96. The van der Waals surface area contributed by atoms with Gasteiger partial charge < -0.3 is 0 Å². The third-order valence-corrected chi connectivity index (χ3v) is 3.47. The lowest BCUT2D eigenvalue weighted by Gasteiger charge is -2.13. The molecule has 0 spiro atoms. The average molecular weight is 276 g/mol. The van der Waals surface area contributed by atoms with Crippen LogP contribution in [0.3, 0.4) is 0 Å². The van der Waals surface area contributed by atoms with E-state index in [9.17, 15) is 0 Å². The Hall–Kier alpha value is -0.0100. The first-order valence-corrected chi connectivity index (χ1v) is 6.59. The van der Waals surface area contributed by atoms with Gasteiger partial charge in [-0.2, -0.15) is 0 Å². The molecule has 0 aromatic heterocycles. The topological polar surface area (TPSA) is 0 Å². The van der Waals surface area contributed by atoms with Crippen molar-refractivity contribution in [2.75, 3.05) is 5.33 Å². The number of benzene rings is 1. The van der Waals surface area contributed by atoms with Gasteiger partial charge in [0.05, 0.1) is 0 Å². The molecule has 0 heterocycles. The van der Waals surface area contributed by atoms with E-state index >= 15 is 0 Å². The van der Waals surface area contributed by atoms with Crippen LogP contribution in [0.1, 0.15) is 37.7 Å². The number of unbranched alkanes of at least 4 members (excludes halogenated alkanes) is 1. The van der Waals surface area contributed by atoms with Crippen LogP contribution in [0.25, 0.3) is 0 Å². The van der Waals surface area contributed by atoms with Crippen molar-refractivity contribution in [1.29, 1.82) is 0 Å². The number of alkyl halides is 1. The van der Waals surface area contributed by atoms with Crippen LogP contribution in [0.4, 0.5) is 0 Å². The van der Waals surface area contributed by atoms with Gasteiger partial charge in [-0.3, -0.25) is 0 Å². The minimum atomic E-state index is 0.632. The first kappa shape index (κ1) is 12.1. The summed E-state index contributed by atoms with van der Waals surface area (Å²) < 4.78 is 0. The molecule has 0 amide bonds. The van der Waals surface area contributed by atoms with Crippen LogP contribution in [-0.2, 0) is 0 Å². The minimum Gasteiger partial charge on any atom is -0.0921 e. The van der Waals surface area contributed by atoms with Crippen molar-refractivity contribution in [3.05, 3.63) is 34.9 Å². The minimum absolute atomic E-state index is 0.632. The Balaban J connectivity index is 2.64. The SMILES string of the molecule is CCCCC(CBr)c1ccc(Cl)cc1. The van der Waals surface area contributed by atoms with Crippen LogP contribution in [0.2, 0.25) is 5.02 Å². The maximum atomic E-state index is 5.85. The Labute approximate surface area is 99.8 Å². The second-order valence-electron chi connectivity index (χ2n) is 3.55. The maximum Gasteiger partial charge on any atom is 0.0406 e. The smallest absolute Gasteiger partial charge is 0.0406 e. The predicted octanol–water partition coefficient (Wildman–Crippen LogP) is 5.01. The first-order valence-electron chi connectivity index (χ1n) is 5.09. The van der Waals surface area contributed by atoms with Crippen LogP contribution >= 0.6 is 27.5 Å². The summed E-state index contributed by atoms with van der Waals surface area (Å²) in [7, 11) is 0. The molecule has 0 N–H and O–H groups in total. The van der Waals surface area contributed by atoms with Crippen molar-refractivity contribution < 1.29 is 0 Å². The van der Waals surface area contributed by atoms with E-state index in [0.717, 1.165) is 10.4 Å². The van der Waals surface area contributed by atoms with Crippen LogP contribution in [0, 0.1) is 0 Å². The molecule has 2 heteroatoms. The zero-order valence-electron chi connectivity index (χ0n) is 8.47. The molecule has 0 radical (unpaired) electrons. The first-order chi connectivity index (χ1) is 6.77. The van der Waals surface area contributed by atoms with Gasteiger partial charge in [0.1, 0.15) is 0 Å². The molecule has 1 aromatic rings. The van der Waals surface area contributed by atoms with Gasteiger partial charge >= 0.3 is 0 Å². The van der Waals surface area contributed by atoms with Crippen molar-refractivity contribution >= 4 is 27.5 Å². The summed E-state index contributed by atoms with van der Waals surface area (Å²) in [5.74, 6) is 0.632. The second kappa shape index (κ2) is 6.47. The Bertz CT molecular complexity index is 256. The van der Waals surface area contributed by atoms with Crippen LogP contribution in [0.15, 0.2) is 24.3 Å². The molecule has 1 atom stereocenters. The highest BCUT2D eigenvalue weighted by Crippen LogP contribution is 2.25. The van der Waals surface area contributed by atoms with Gasteiger partial charge in [-0.05, 0) is 30.0 Å². The van der Waals surface area contributed by atoms with Crippen molar-refractivity contribution in [1.82, 2.24) is 0 Å². The molecule has 78 valence electrons. The van der Waals surface area contributed by atoms with Crippen molar-refractivity contribution in [3.63, 3.8) is 0 Å². The van der Waals surface area contributed by atoms with Gasteiger partial charge in [-0.25, -0.2) is 0 Å². The molecular formula is C12H16BrCl. The molecule has 1 unspecified atom stereocenters. The zero-order chi connectivity index (χ0) is 10.4. The fourth-order valence-electron chi connectivity index (χ4n) is 1.52. The Morgan fingerprint density at radius 1 is 1.29 bits per heavy atom. The molecular weight excluding hydrogens is 259 g/mol. The quantitative estimate of drug-likeness (QED) is 0.663. The fraction of sp³-hybridized carbons (Fsp3) is 0.500. The summed E-state index contributed by atoms with van der Waals surface area (Å²) in [5, 5.41) is 1.85. The summed E-state index contributed by atoms with van der Waals surface area (Å²) in [4.78, 5) is 0. The van der Waals surface area contributed by atoms with Gasteiger partial charge in [0.2, 0.25) is 0 Å². The van der Waals surface area contributed by atoms with Gasteiger partial charge in [0.25, 0.3) is 0 Å². The lowest BCUT2D eigenvalue weighted by Crippen LogP contribution is -1.99. The number of rotatable bonds is 5. The van der Waals surface area contributed by atoms with E-state index in [0.29, 0.717) is 5.92 Å². The fourth-order valence-corrected chi connectivity index (χ4v) is 2.34. The van der Waals surface area contributed by atoms with Crippen LogP contribution < -0.4 is 0 Å². The lowest BCUT2D eigenvalue weighted by molar-refractivity contribution is 0.633. The Morgan fingerprint density at radius 2 is 1.93 bits per heavy atom. The number of hydrogen-bond donors (Lipinski definition) is 0. The van der Waals surface area contributed by atoms with Gasteiger partial charge in [0, 0.05) is 10.4 Å². The maximum absolute atomic E-state index is 5.85. The van der Waals surface area contributed by atoms with Gasteiger partial charge in [-0.15, -0.1) is 0 Å². The van der Waals surface area contributed by atoms with Gasteiger partial charge in [0.15, 0.2) is 0 Å². The normalized spacial score (nSPS) is 12.8. The molecule has 0 nitrogen and oxygen atoms in total. The molecule has 1 aromatic carbocycles. The number of halogens is 2. The number of hydrogen-bond acceptors (Lipinski definition) is 0. The molecule has 14 heavy (non-hydrogen) atoms. The second-order valence-corrected chi connectivity index (χ2v) is 4.63. The molecule has 0 aliphatic heterocycles. The largest absolute Gasteiger partial charge is 0.0921 e. The third-order valence-electron chi connectivity index (χ3n) is 2.43. The standard InChI is InChI=1S/C12H16BrCl/c1-2-3-4-11(9-13)10-5-7-12(14)8-6-10/h5-8,11H,2-4,9H2,1H3. The van der Waals surface area contributed by atoms with E-state index in [-0.39, 0.29) is 0 Å². The van der Waals surface area contributed by atoms with E-state index < -0.39 is 0 Å². The van der Waals surface area contributed by atoms with E-state index in [4.69, 9.17) is 11.6 Å². The Kier molecular flexibility index (Phi) is 5.57. The van der Waals surface area contributed by atoms with Crippen LogP contribution in [0.5, 0.6) is 0 Å². The van der Waals surface area contributed by atoms with E-state index in [2.05, 4.69) is 35.0 Å². The predicted molar refractivity (Wildman–Crippen MR) is 67.5 cm³/mol. The van der Waals surface area contributed by atoms with E-state index in [1.165, 1.54) is 24.8 Å². The highest BCUT2D eigenvalue weighted by molar-refractivity contribution is 9.09. The average Bonchev–Trinajstić information content (AvgIpc) is 2.21. The van der Waals surface area contributed by atoms with E-state index in [1.807, 2.05) is 12.1 Å². The van der Waals surface area contributed by atoms with Gasteiger partial charge in [-0.1, -0.05) is 59.4 Å². The Morgan fingerprint density at radius 3 is 2.43 bits per heavy atom. The van der Waals surface area contributed by atoms with E-state index in [1.54, 1.807) is 0 Å². The molecule has 0 aliphatic carbocycles. The highest BCUT2D eigenvalue weighted by atomic mass is 79.9. The summed E-state index contributed by atoms with van der Waals surface area (Å²) in [6, 6.07) is 8.20. The highest BCUT2D eigenvalue weighted by Gasteiger charge is 2.08. The molecule has 1 rings (SSSR count). The monoisotopic (exact) mass is 274 g/mol. The molecule has 0 aliphatic rings. The summed E-state index contributed by atoms with van der Waals surface area (Å²) in [6.07, 6.45) is 3.80. The van der Waals surface area contributed by atoms with Crippen molar-refractivity contribution in [2.45, 2.75) is 32.1 Å². The molecule has 0 saturated heterocycles. The van der Waals surface area contributed by atoms with Crippen molar-refractivity contribution in [3.8, 4) is 0 Å². The van der Waals surface area contributed by atoms with Crippen molar-refractivity contribution in [2.24, 2.45) is 0 Å². The third kappa shape index (κ3) is 3.62. The molecule has 0 bridgehead atoms. The summed E-state index contributed by atoms with van der Waals surface area (Å²) in [5.41, 5.74) is 1.39. The van der Waals surface area contributed by atoms with Crippen LogP contribution in [-0.4, -0.2) is 5.33 Å². The summed E-state index contributed by atoms with van der Waals surface area (Å²) >= 11 is 9.42.